The number of hydrogen-bond donors (Lipinski definition) is 1. The molecule has 1 aromatic heterocycles. The van der Waals surface area contributed by atoms with Crippen molar-refractivity contribution < 1.29 is 18.3 Å². The fraction of sp³-hybridized carbons (Fsp3) is 0.368. The van der Waals surface area contributed by atoms with Crippen LogP contribution in [-0.2, 0) is 17.9 Å². The van der Waals surface area contributed by atoms with Crippen LogP contribution in [0.2, 0.25) is 5.15 Å². The van der Waals surface area contributed by atoms with E-state index in [4.69, 9.17) is 11.6 Å². The molecule has 0 aliphatic heterocycles. The zero-order chi connectivity index (χ0) is 19.8. The molecule has 0 unspecified atom stereocenters. The van der Waals surface area contributed by atoms with E-state index in [-0.39, 0.29) is 18.2 Å². The predicted octanol–water partition coefficient (Wildman–Crippen LogP) is 4.58. The Kier molecular flexibility index (Phi) is 7.79. The summed E-state index contributed by atoms with van der Waals surface area (Å²) in [7, 11) is 0. The van der Waals surface area contributed by atoms with Crippen LogP contribution in [0.15, 0.2) is 30.3 Å². The van der Waals surface area contributed by atoms with Gasteiger partial charge in [-0.15, -0.1) is 0 Å². The lowest BCUT2D eigenvalue weighted by molar-refractivity contribution is -0.116. The van der Waals surface area contributed by atoms with E-state index in [2.05, 4.69) is 22.1 Å². The zero-order valence-electron chi connectivity index (χ0n) is 15.2. The van der Waals surface area contributed by atoms with Crippen molar-refractivity contribution >= 4 is 23.6 Å². The third-order valence-electron chi connectivity index (χ3n) is 3.88. The molecule has 146 valence electrons. The molecule has 27 heavy (non-hydrogen) atoms. The van der Waals surface area contributed by atoms with Gasteiger partial charge in [-0.3, -0.25) is 9.48 Å². The van der Waals surface area contributed by atoms with Gasteiger partial charge in [0.1, 0.15) is 10.9 Å². The molecule has 1 amide bonds. The number of carbonyl (C=O) groups excluding carboxylic acids is 1. The van der Waals surface area contributed by atoms with Crippen LogP contribution in [0.4, 0.5) is 8.78 Å². The summed E-state index contributed by atoms with van der Waals surface area (Å²) in [5.74, 6) is -0.341. The Morgan fingerprint density at radius 1 is 1.41 bits per heavy atom. The van der Waals surface area contributed by atoms with E-state index in [1.54, 1.807) is 29.0 Å². The number of ether oxygens (including phenoxy) is 1. The molecule has 1 N–H and O–H groups in total. The number of nitrogens with zero attached hydrogens (tertiary/aromatic N) is 2. The highest BCUT2D eigenvalue weighted by molar-refractivity contribution is 6.31. The van der Waals surface area contributed by atoms with Gasteiger partial charge in [-0.25, -0.2) is 0 Å². The zero-order valence-corrected chi connectivity index (χ0v) is 16.0. The topological polar surface area (TPSA) is 56.2 Å². The number of halogens is 3. The lowest BCUT2D eigenvalue weighted by atomic mass is 10.2. The average Bonchev–Trinajstić information content (AvgIpc) is 2.90. The van der Waals surface area contributed by atoms with Gasteiger partial charge < -0.3 is 10.1 Å². The molecule has 0 fully saturated rings. The number of nitrogens with one attached hydrogen (secondary N) is 1. The number of para-hydroxylation sites is 1. The third kappa shape index (κ3) is 6.06. The second kappa shape index (κ2) is 10.1. The van der Waals surface area contributed by atoms with E-state index in [1.807, 2.05) is 6.92 Å². The van der Waals surface area contributed by atoms with Crippen LogP contribution < -0.4 is 10.1 Å². The van der Waals surface area contributed by atoms with E-state index >= 15 is 0 Å². The standard InChI is InChI=1S/C19H22ClF2N3O2/c1-3-4-11-25-18(20)15(13(2)24-25)9-10-17(26)23-12-14-7-5-6-8-16(14)27-19(21)22/h5-10,19H,3-4,11-12H2,1-2H3,(H,23,26)/b10-9+. The van der Waals surface area contributed by atoms with E-state index < -0.39 is 6.61 Å². The van der Waals surface area contributed by atoms with E-state index in [0.29, 0.717) is 16.3 Å². The first-order valence-electron chi connectivity index (χ1n) is 8.64. The van der Waals surface area contributed by atoms with Gasteiger partial charge in [-0.2, -0.15) is 13.9 Å². The Hall–Kier alpha value is -2.41. The van der Waals surface area contributed by atoms with E-state index in [0.717, 1.165) is 25.1 Å². The molecule has 0 aliphatic carbocycles. The number of benzene rings is 1. The number of unbranched alkanes of at least 4 members (excludes halogenated alkanes) is 1. The fourth-order valence-electron chi connectivity index (χ4n) is 2.47. The monoisotopic (exact) mass is 397 g/mol. The van der Waals surface area contributed by atoms with Gasteiger partial charge >= 0.3 is 6.61 Å². The first-order chi connectivity index (χ1) is 12.9. The Balaban J connectivity index is 2.00. The summed E-state index contributed by atoms with van der Waals surface area (Å²) in [6, 6.07) is 6.31. The maximum Gasteiger partial charge on any atom is 0.387 e. The normalized spacial score (nSPS) is 11.3. The molecule has 0 radical (unpaired) electrons. The van der Waals surface area contributed by atoms with Gasteiger partial charge in [0.05, 0.1) is 5.69 Å². The molecule has 0 saturated carbocycles. The SMILES string of the molecule is CCCCn1nc(C)c(/C=C/C(=O)NCc2ccccc2OC(F)F)c1Cl. The molecule has 0 spiro atoms. The maximum atomic E-state index is 12.4. The highest BCUT2D eigenvalue weighted by atomic mass is 35.5. The smallest absolute Gasteiger partial charge is 0.387 e. The Morgan fingerprint density at radius 3 is 2.85 bits per heavy atom. The van der Waals surface area contributed by atoms with Gasteiger partial charge in [0.25, 0.3) is 0 Å². The molecule has 0 atom stereocenters. The lowest BCUT2D eigenvalue weighted by Gasteiger charge is -2.10. The predicted molar refractivity (Wildman–Crippen MR) is 101 cm³/mol. The molecule has 1 aromatic carbocycles. The van der Waals surface area contributed by atoms with Crippen molar-refractivity contribution in [2.75, 3.05) is 0 Å². The molecule has 1 heterocycles. The summed E-state index contributed by atoms with van der Waals surface area (Å²) in [6.45, 7) is 1.77. The molecular weight excluding hydrogens is 376 g/mol. The van der Waals surface area contributed by atoms with Gasteiger partial charge in [-0.1, -0.05) is 43.1 Å². The number of carbonyl (C=O) groups is 1. The van der Waals surface area contributed by atoms with Crippen LogP contribution in [0.25, 0.3) is 6.08 Å². The summed E-state index contributed by atoms with van der Waals surface area (Å²) in [4.78, 5) is 12.1. The minimum atomic E-state index is -2.92. The fourth-order valence-corrected chi connectivity index (χ4v) is 2.80. The number of hydrogen-bond acceptors (Lipinski definition) is 3. The van der Waals surface area contributed by atoms with Crippen LogP contribution in [0, 0.1) is 6.92 Å². The Bertz CT molecular complexity index is 806. The minimum Gasteiger partial charge on any atom is -0.434 e. The number of alkyl halides is 2. The molecule has 0 saturated heterocycles. The minimum absolute atomic E-state index is 0.0351. The van der Waals surface area contributed by atoms with Crippen molar-refractivity contribution in [1.29, 1.82) is 0 Å². The van der Waals surface area contributed by atoms with Gasteiger partial charge in [0.15, 0.2) is 0 Å². The van der Waals surface area contributed by atoms with Crippen molar-refractivity contribution in [2.24, 2.45) is 0 Å². The first-order valence-corrected chi connectivity index (χ1v) is 9.01. The molecule has 0 bridgehead atoms. The quantitative estimate of drug-likeness (QED) is 0.630. The molecule has 2 rings (SSSR count). The summed E-state index contributed by atoms with van der Waals surface area (Å²) in [6.07, 6.45) is 4.94. The molecule has 8 heteroatoms. The highest BCUT2D eigenvalue weighted by Gasteiger charge is 2.12. The van der Waals surface area contributed by atoms with Crippen molar-refractivity contribution in [3.63, 3.8) is 0 Å². The summed E-state index contributed by atoms with van der Waals surface area (Å²) < 4.78 is 31.0. The summed E-state index contributed by atoms with van der Waals surface area (Å²) in [5, 5.41) is 7.50. The van der Waals surface area contributed by atoms with Crippen LogP contribution in [0.3, 0.4) is 0 Å². The third-order valence-corrected chi connectivity index (χ3v) is 4.27. The summed E-state index contributed by atoms with van der Waals surface area (Å²) in [5.41, 5.74) is 1.88. The number of rotatable bonds is 9. The van der Waals surface area contributed by atoms with Crippen molar-refractivity contribution in [3.8, 4) is 5.75 Å². The molecule has 5 nitrogen and oxygen atoms in total. The maximum absolute atomic E-state index is 12.4. The lowest BCUT2D eigenvalue weighted by Crippen LogP contribution is -2.21. The van der Waals surface area contributed by atoms with Crippen molar-refractivity contribution in [1.82, 2.24) is 15.1 Å². The molecule has 2 aromatic rings. The summed E-state index contributed by atoms with van der Waals surface area (Å²) >= 11 is 6.32. The van der Waals surface area contributed by atoms with Crippen LogP contribution in [0.5, 0.6) is 5.75 Å². The average molecular weight is 398 g/mol. The van der Waals surface area contributed by atoms with E-state index in [1.165, 1.54) is 12.1 Å². The van der Waals surface area contributed by atoms with Crippen LogP contribution >= 0.6 is 11.6 Å². The highest BCUT2D eigenvalue weighted by Crippen LogP contribution is 2.22. The number of amides is 1. The Morgan fingerprint density at radius 2 is 2.15 bits per heavy atom. The van der Waals surface area contributed by atoms with Crippen molar-refractivity contribution in [2.45, 2.75) is 46.4 Å². The number of aryl methyl sites for hydroxylation is 2. The first kappa shape index (κ1) is 20.9. The van der Waals surface area contributed by atoms with Crippen LogP contribution in [0.1, 0.15) is 36.6 Å². The van der Waals surface area contributed by atoms with Gasteiger partial charge in [0.2, 0.25) is 5.91 Å². The molecular formula is C19H22ClF2N3O2. The van der Waals surface area contributed by atoms with Gasteiger partial charge in [-0.05, 0) is 25.5 Å². The Labute approximate surface area is 162 Å². The second-order valence-corrected chi connectivity index (χ2v) is 6.26. The van der Waals surface area contributed by atoms with Crippen molar-refractivity contribution in [3.05, 3.63) is 52.3 Å². The number of aromatic nitrogens is 2. The van der Waals surface area contributed by atoms with Gasteiger partial charge in [0, 0.05) is 30.3 Å². The molecule has 0 aliphatic rings. The van der Waals surface area contributed by atoms with Crippen LogP contribution in [-0.4, -0.2) is 22.3 Å². The largest absolute Gasteiger partial charge is 0.434 e. The van der Waals surface area contributed by atoms with E-state index in [9.17, 15) is 13.6 Å². The second-order valence-electron chi connectivity index (χ2n) is 5.90.